The van der Waals surface area contributed by atoms with E-state index in [1.54, 1.807) is 4.90 Å². The highest BCUT2D eigenvalue weighted by Gasteiger charge is 2.25. The number of nitrogens with zero attached hydrogens (tertiary/aromatic N) is 2. The van der Waals surface area contributed by atoms with E-state index in [-0.39, 0.29) is 5.91 Å². The maximum absolute atomic E-state index is 12.2. The molecule has 1 aliphatic heterocycles. The number of hydrogen-bond donors (Lipinski definition) is 1. The van der Waals surface area contributed by atoms with E-state index in [2.05, 4.69) is 17.1 Å². The van der Waals surface area contributed by atoms with E-state index < -0.39 is 0 Å². The molecule has 1 N–H and O–H groups in total. The second kappa shape index (κ2) is 6.70. The minimum absolute atomic E-state index is 0.165. The van der Waals surface area contributed by atoms with E-state index in [0.717, 1.165) is 28.8 Å². The van der Waals surface area contributed by atoms with Gasteiger partial charge in [0.1, 0.15) is 0 Å². The van der Waals surface area contributed by atoms with Gasteiger partial charge in [-0.1, -0.05) is 18.5 Å². The monoisotopic (exact) mass is 301 g/mol. The van der Waals surface area contributed by atoms with Crippen molar-refractivity contribution in [3.05, 3.63) is 21.3 Å². The Bertz CT molecular complexity index is 433. The quantitative estimate of drug-likeness (QED) is 0.868. The first-order valence-corrected chi connectivity index (χ1v) is 7.72. The highest BCUT2D eigenvalue weighted by molar-refractivity contribution is 7.16. The van der Waals surface area contributed by atoms with Crippen LogP contribution >= 0.6 is 22.9 Å². The zero-order valence-corrected chi connectivity index (χ0v) is 12.9. The highest BCUT2D eigenvalue weighted by atomic mass is 35.5. The van der Waals surface area contributed by atoms with E-state index in [1.807, 2.05) is 19.2 Å². The van der Waals surface area contributed by atoms with Crippen molar-refractivity contribution >= 4 is 28.8 Å². The van der Waals surface area contributed by atoms with E-state index in [1.165, 1.54) is 11.3 Å². The molecule has 0 radical (unpaired) electrons. The van der Waals surface area contributed by atoms with Crippen molar-refractivity contribution in [2.45, 2.75) is 19.5 Å². The number of carbonyl (C=O) groups excluding carboxylic acids is 1. The second-order valence-corrected chi connectivity index (χ2v) is 6.63. The molecular weight excluding hydrogens is 282 g/mol. The Labute approximate surface area is 123 Å². The van der Waals surface area contributed by atoms with Gasteiger partial charge in [-0.2, -0.15) is 0 Å². The molecule has 4 nitrogen and oxygen atoms in total. The zero-order chi connectivity index (χ0) is 13.8. The smallest absolute Gasteiger partial charge is 0.236 e. The van der Waals surface area contributed by atoms with Crippen LogP contribution in [0.5, 0.6) is 0 Å². The largest absolute Gasteiger partial charge is 0.340 e. The average molecular weight is 302 g/mol. The minimum Gasteiger partial charge on any atom is -0.340 e. The summed E-state index contributed by atoms with van der Waals surface area (Å²) in [6.45, 7) is 6.13. The lowest BCUT2D eigenvalue weighted by atomic mass is 10.1. The molecule has 2 rings (SSSR count). The average Bonchev–Trinajstić information content (AvgIpc) is 2.71. The van der Waals surface area contributed by atoms with Crippen LogP contribution in [0.15, 0.2) is 12.1 Å². The van der Waals surface area contributed by atoms with Crippen molar-refractivity contribution in [2.75, 3.05) is 33.2 Å². The summed E-state index contributed by atoms with van der Waals surface area (Å²) in [7, 11) is 1.85. The summed E-state index contributed by atoms with van der Waals surface area (Å²) in [6.07, 6.45) is 0. The van der Waals surface area contributed by atoms with E-state index in [4.69, 9.17) is 11.6 Å². The van der Waals surface area contributed by atoms with E-state index in [9.17, 15) is 4.79 Å². The Kier molecular flexibility index (Phi) is 5.21. The van der Waals surface area contributed by atoms with Crippen LogP contribution in [0.3, 0.4) is 0 Å². The van der Waals surface area contributed by atoms with Crippen LogP contribution in [0.25, 0.3) is 0 Å². The van der Waals surface area contributed by atoms with Gasteiger partial charge in [0.05, 0.1) is 17.4 Å². The molecule has 0 saturated carbocycles. The van der Waals surface area contributed by atoms with Crippen molar-refractivity contribution in [3.63, 3.8) is 0 Å². The fourth-order valence-electron chi connectivity index (χ4n) is 2.08. The molecule has 6 heteroatoms. The fourth-order valence-corrected chi connectivity index (χ4v) is 3.22. The molecule has 19 heavy (non-hydrogen) atoms. The molecule has 106 valence electrons. The van der Waals surface area contributed by atoms with Gasteiger partial charge in [0.2, 0.25) is 5.91 Å². The highest BCUT2D eigenvalue weighted by Crippen LogP contribution is 2.22. The maximum atomic E-state index is 12.2. The van der Waals surface area contributed by atoms with Crippen LogP contribution < -0.4 is 5.32 Å². The Morgan fingerprint density at radius 3 is 2.74 bits per heavy atom. The number of likely N-dealkylation sites (N-methyl/N-ethyl adjacent to an activating group) is 2. The summed E-state index contributed by atoms with van der Waals surface area (Å²) in [5, 5.41) is 3.24. The molecule has 0 bridgehead atoms. The molecule has 0 spiro atoms. The molecule has 1 aromatic rings. The Morgan fingerprint density at radius 1 is 1.53 bits per heavy atom. The Morgan fingerprint density at radius 2 is 2.26 bits per heavy atom. The number of hydrogen-bond acceptors (Lipinski definition) is 4. The third-order valence-corrected chi connectivity index (χ3v) is 4.68. The fraction of sp³-hybridized carbons (Fsp3) is 0.615. The van der Waals surface area contributed by atoms with Gasteiger partial charge in [-0.15, -0.1) is 11.3 Å². The number of nitrogens with one attached hydrogen (secondary N) is 1. The van der Waals surface area contributed by atoms with Gasteiger partial charge in [0.15, 0.2) is 0 Å². The summed E-state index contributed by atoms with van der Waals surface area (Å²) in [5.41, 5.74) is 0. The second-order valence-electron chi connectivity index (χ2n) is 4.83. The number of rotatable bonds is 6. The molecular formula is C13H20ClN3OS. The third-order valence-electron chi connectivity index (χ3n) is 3.47. The van der Waals surface area contributed by atoms with Crippen LogP contribution in [0.2, 0.25) is 4.34 Å². The van der Waals surface area contributed by atoms with Gasteiger partial charge in [0.25, 0.3) is 0 Å². The molecule has 2 heterocycles. The van der Waals surface area contributed by atoms with Crippen molar-refractivity contribution in [1.29, 1.82) is 0 Å². The predicted octanol–water partition coefficient (Wildman–Crippen LogP) is 1.65. The first-order valence-electron chi connectivity index (χ1n) is 6.53. The number of carbonyl (C=O) groups is 1. The van der Waals surface area contributed by atoms with Crippen LogP contribution in [0.1, 0.15) is 11.8 Å². The van der Waals surface area contributed by atoms with Crippen LogP contribution in [0.4, 0.5) is 0 Å². The third kappa shape index (κ3) is 3.92. The van der Waals surface area contributed by atoms with Crippen molar-refractivity contribution < 1.29 is 4.79 Å². The number of halogens is 1. The molecule has 1 saturated heterocycles. The lowest BCUT2D eigenvalue weighted by Gasteiger charge is -2.37. The molecule has 0 aromatic carbocycles. The SMILES string of the molecule is CCN(CC(=O)N(C)Cc1ccc(Cl)s1)C1CNC1. The van der Waals surface area contributed by atoms with E-state index in [0.29, 0.717) is 19.1 Å². The molecule has 0 atom stereocenters. The van der Waals surface area contributed by atoms with Crippen LogP contribution in [-0.4, -0.2) is 55.0 Å². The number of thiophene rings is 1. The van der Waals surface area contributed by atoms with Gasteiger partial charge >= 0.3 is 0 Å². The first kappa shape index (κ1) is 14.8. The predicted molar refractivity (Wildman–Crippen MR) is 79.7 cm³/mol. The summed E-state index contributed by atoms with van der Waals surface area (Å²) < 4.78 is 0.770. The summed E-state index contributed by atoms with van der Waals surface area (Å²) in [5.74, 6) is 0.165. The first-order chi connectivity index (χ1) is 9.10. The molecule has 1 amide bonds. The number of amides is 1. The topological polar surface area (TPSA) is 35.6 Å². The molecule has 0 unspecified atom stereocenters. The van der Waals surface area contributed by atoms with Gasteiger partial charge in [-0.25, -0.2) is 0 Å². The summed E-state index contributed by atoms with van der Waals surface area (Å²) in [6, 6.07) is 4.36. The van der Waals surface area contributed by atoms with Gasteiger partial charge in [-0.05, 0) is 18.7 Å². The molecule has 1 aromatic heterocycles. The van der Waals surface area contributed by atoms with Crippen molar-refractivity contribution in [3.8, 4) is 0 Å². The van der Waals surface area contributed by atoms with Crippen LogP contribution in [-0.2, 0) is 11.3 Å². The lowest BCUT2D eigenvalue weighted by molar-refractivity contribution is -0.132. The van der Waals surface area contributed by atoms with Gasteiger partial charge < -0.3 is 10.2 Å². The van der Waals surface area contributed by atoms with Gasteiger partial charge in [0, 0.05) is 31.1 Å². The van der Waals surface area contributed by atoms with E-state index >= 15 is 0 Å². The molecule has 1 aliphatic rings. The normalized spacial score (nSPS) is 15.6. The van der Waals surface area contributed by atoms with Crippen molar-refractivity contribution in [2.24, 2.45) is 0 Å². The van der Waals surface area contributed by atoms with Gasteiger partial charge in [-0.3, -0.25) is 9.69 Å². The minimum atomic E-state index is 0.165. The molecule has 1 fully saturated rings. The Balaban J connectivity index is 1.84. The summed E-state index contributed by atoms with van der Waals surface area (Å²) in [4.78, 5) is 17.3. The lowest BCUT2D eigenvalue weighted by Crippen LogP contribution is -2.58. The maximum Gasteiger partial charge on any atom is 0.236 e. The molecule has 0 aliphatic carbocycles. The zero-order valence-electron chi connectivity index (χ0n) is 11.4. The Hall–Kier alpha value is -0.620. The standard InChI is InChI=1S/C13H20ClN3OS/c1-3-17(10-6-15-7-10)9-13(18)16(2)8-11-4-5-12(14)19-11/h4-5,10,15H,3,6-9H2,1-2H3. The summed E-state index contributed by atoms with van der Waals surface area (Å²) >= 11 is 7.43. The van der Waals surface area contributed by atoms with Crippen LogP contribution in [0, 0.1) is 0 Å². The van der Waals surface area contributed by atoms with Crippen molar-refractivity contribution in [1.82, 2.24) is 15.1 Å².